The Kier molecular flexibility index (Phi) is 4.13. The predicted molar refractivity (Wildman–Crippen MR) is 87.7 cm³/mol. The Labute approximate surface area is 135 Å². The summed E-state index contributed by atoms with van der Waals surface area (Å²) in [5.41, 5.74) is 0.622. The van der Waals surface area contributed by atoms with Crippen LogP contribution < -0.4 is 4.74 Å². The van der Waals surface area contributed by atoms with Crippen molar-refractivity contribution in [1.82, 2.24) is 0 Å². The summed E-state index contributed by atoms with van der Waals surface area (Å²) >= 11 is 9.41. The second-order valence-corrected chi connectivity index (χ2v) is 5.65. The van der Waals surface area contributed by atoms with E-state index < -0.39 is 0 Å². The molecule has 0 aliphatic heterocycles. The topological polar surface area (TPSA) is 9.23 Å². The highest BCUT2D eigenvalue weighted by Gasteiger charge is 2.10. The van der Waals surface area contributed by atoms with Gasteiger partial charge in [-0.25, -0.2) is 4.39 Å². The van der Waals surface area contributed by atoms with Crippen molar-refractivity contribution in [3.05, 3.63) is 70.5 Å². The summed E-state index contributed by atoms with van der Waals surface area (Å²) in [4.78, 5) is 0. The fraction of sp³-hybridized carbons (Fsp3) is 0.0588. The maximum absolute atomic E-state index is 13.2. The third-order valence-corrected chi connectivity index (χ3v) is 4.32. The number of hydrogen-bond acceptors (Lipinski definition) is 1. The molecular formula is C17H11BrClFO. The van der Waals surface area contributed by atoms with Crippen LogP contribution in [-0.4, -0.2) is 0 Å². The summed E-state index contributed by atoms with van der Waals surface area (Å²) in [6.07, 6.45) is 0. The van der Waals surface area contributed by atoms with Crippen LogP contribution in [0.3, 0.4) is 0 Å². The van der Waals surface area contributed by atoms with Gasteiger partial charge in [0.2, 0.25) is 0 Å². The fourth-order valence-electron chi connectivity index (χ4n) is 2.16. The van der Waals surface area contributed by atoms with Gasteiger partial charge in [-0.3, -0.25) is 0 Å². The third-order valence-electron chi connectivity index (χ3n) is 3.21. The second kappa shape index (κ2) is 6.04. The van der Waals surface area contributed by atoms with Crippen molar-refractivity contribution in [1.29, 1.82) is 0 Å². The van der Waals surface area contributed by atoms with Crippen molar-refractivity contribution in [3.8, 4) is 11.5 Å². The first-order valence-corrected chi connectivity index (χ1v) is 7.71. The fourth-order valence-corrected chi connectivity index (χ4v) is 2.95. The van der Waals surface area contributed by atoms with E-state index in [-0.39, 0.29) is 11.7 Å². The molecule has 0 amide bonds. The minimum absolute atomic E-state index is 0.193. The highest BCUT2D eigenvalue weighted by Crippen LogP contribution is 2.37. The molecule has 0 unspecified atom stereocenters. The van der Waals surface area contributed by atoms with E-state index in [2.05, 4.69) is 15.9 Å². The van der Waals surface area contributed by atoms with Crippen molar-refractivity contribution in [2.75, 3.05) is 0 Å². The van der Waals surface area contributed by atoms with Gasteiger partial charge in [0.25, 0.3) is 0 Å². The van der Waals surface area contributed by atoms with Gasteiger partial charge in [0.1, 0.15) is 17.3 Å². The Morgan fingerprint density at radius 3 is 2.57 bits per heavy atom. The average molecular weight is 366 g/mol. The smallest absolute Gasteiger partial charge is 0.142 e. The molecule has 0 N–H and O–H groups in total. The number of rotatable bonds is 3. The molecule has 1 nitrogen and oxygen atoms in total. The molecule has 0 saturated heterocycles. The molecule has 3 aromatic carbocycles. The van der Waals surface area contributed by atoms with Gasteiger partial charge in [0, 0.05) is 5.56 Å². The van der Waals surface area contributed by atoms with Crippen LogP contribution in [0.1, 0.15) is 5.56 Å². The van der Waals surface area contributed by atoms with Gasteiger partial charge in [0.05, 0.1) is 10.4 Å². The van der Waals surface area contributed by atoms with E-state index >= 15 is 0 Å². The predicted octanol–water partition coefficient (Wildman–Crippen LogP) is 6.27. The molecule has 0 saturated carbocycles. The number of ether oxygens (including phenoxy) is 1. The van der Waals surface area contributed by atoms with Crippen molar-refractivity contribution < 1.29 is 9.13 Å². The average Bonchev–Trinajstić information content (AvgIpc) is 2.51. The summed E-state index contributed by atoms with van der Waals surface area (Å²) in [6.45, 7) is 0. The van der Waals surface area contributed by atoms with E-state index in [1.165, 1.54) is 12.1 Å². The van der Waals surface area contributed by atoms with Gasteiger partial charge < -0.3 is 4.74 Å². The lowest BCUT2D eigenvalue weighted by molar-refractivity contribution is 0.474. The molecule has 0 heterocycles. The van der Waals surface area contributed by atoms with Gasteiger partial charge in [0.15, 0.2) is 0 Å². The second-order valence-electron chi connectivity index (χ2n) is 4.59. The van der Waals surface area contributed by atoms with Crippen LogP contribution >= 0.6 is 27.5 Å². The van der Waals surface area contributed by atoms with Gasteiger partial charge >= 0.3 is 0 Å². The first-order valence-electron chi connectivity index (χ1n) is 6.38. The van der Waals surface area contributed by atoms with Crippen LogP contribution in [0.25, 0.3) is 10.8 Å². The number of hydrogen-bond donors (Lipinski definition) is 0. The van der Waals surface area contributed by atoms with Crippen molar-refractivity contribution in [3.63, 3.8) is 0 Å². The third kappa shape index (κ3) is 2.89. The molecule has 0 aliphatic rings. The van der Waals surface area contributed by atoms with E-state index in [9.17, 15) is 4.39 Å². The van der Waals surface area contributed by atoms with Crippen molar-refractivity contribution in [2.24, 2.45) is 0 Å². The molecule has 106 valence electrons. The summed E-state index contributed by atoms with van der Waals surface area (Å²) in [7, 11) is 0. The molecule has 0 spiro atoms. The first-order chi connectivity index (χ1) is 10.2. The maximum Gasteiger partial charge on any atom is 0.142 e. The van der Waals surface area contributed by atoms with Crippen molar-refractivity contribution in [2.45, 2.75) is 5.88 Å². The SMILES string of the molecule is Fc1ccc(Oc2ccc3ccccc3c2Br)c(CCl)c1. The zero-order chi connectivity index (χ0) is 14.8. The summed E-state index contributed by atoms with van der Waals surface area (Å²) in [5, 5.41) is 2.18. The summed E-state index contributed by atoms with van der Waals surface area (Å²) in [5.74, 6) is 1.10. The Morgan fingerprint density at radius 1 is 1.00 bits per heavy atom. The molecule has 0 fully saturated rings. The van der Waals surface area contributed by atoms with E-state index in [0.717, 1.165) is 15.2 Å². The number of halogens is 3. The normalized spacial score (nSPS) is 10.8. The van der Waals surface area contributed by atoms with E-state index in [1.54, 1.807) is 6.07 Å². The lowest BCUT2D eigenvalue weighted by Gasteiger charge is -2.12. The minimum atomic E-state index is -0.324. The Morgan fingerprint density at radius 2 is 1.76 bits per heavy atom. The zero-order valence-electron chi connectivity index (χ0n) is 10.9. The molecule has 3 rings (SSSR count). The van der Waals surface area contributed by atoms with Crippen LogP contribution in [0.2, 0.25) is 0 Å². The number of alkyl halides is 1. The maximum atomic E-state index is 13.2. The van der Waals surface area contributed by atoms with Crippen molar-refractivity contribution >= 4 is 38.3 Å². The molecule has 0 atom stereocenters. The summed E-state index contributed by atoms with van der Waals surface area (Å²) < 4.78 is 20.0. The van der Waals surface area contributed by atoms with E-state index in [4.69, 9.17) is 16.3 Å². The molecule has 0 radical (unpaired) electrons. The zero-order valence-corrected chi connectivity index (χ0v) is 13.3. The minimum Gasteiger partial charge on any atom is -0.456 e. The van der Waals surface area contributed by atoms with Crippen LogP contribution in [0.15, 0.2) is 59.1 Å². The Bertz CT molecular complexity index is 804. The number of fused-ring (bicyclic) bond motifs is 1. The molecule has 0 aliphatic carbocycles. The highest BCUT2D eigenvalue weighted by atomic mass is 79.9. The van der Waals surface area contributed by atoms with E-state index in [0.29, 0.717) is 17.1 Å². The molecule has 21 heavy (non-hydrogen) atoms. The molecular weight excluding hydrogens is 355 g/mol. The molecule has 0 bridgehead atoms. The molecule has 3 aromatic rings. The lowest BCUT2D eigenvalue weighted by atomic mass is 10.1. The van der Waals surface area contributed by atoms with Gasteiger partial charge in [-0.05, 0) is 51.0 Å². The van der Waals surface area contributed by atoms with Crippen LogP contribution in [-0.2, 0) is 5.88 Å². The monoisotopic (exact) mass is 364 g/mol. The van der Waals surface area contributed by atoms with Gasteiger partial charge in [-0.1, -0.05) is 30.3 Å². The quantitative estimate of drug-likeness (QED) is 0.497. The highest BCUT2D eigenvalue weighted by molar-refractivity contribution is 9.10. The first kappa shape index (κ1) is 14.4. The van der Waals surface area contributed by atoms with Crippen LogP contribution in [0.4, 0.5) is 4.39 Å². The van der Waals surface area contributed by atoms with Crippen LogP contribution in [0.5, 0.6) is 11.5 Å². The van der Waals surface area contributed by atoms with Gasteiger partial charge in [-0.2, -0.15) is 0 Å². The Balaban J connectivity index is 2.04. The standard InChI is InChI=1S/C17H11BrClFO/c18-17-14-4-2-1-3-11(14)5-7-16(17)21-15-8-6-13(20)9-12(15)10-19/h1-9H,10H2. The van der Waals surface area contributed by atoms with Gasteiger partial charge in [-0.15, -0.1) is 11.6 Å². The Hall–Kier alpha value is -1.58. The largest absolute Gasteiger partial charge is 0.456 e. The molecule has 0 aromatic heterocycles. The van der Waals surface area contributed by atoms with E-state index in [1.807, 2.05) is 36.4 Å². The molecule has 4 heteroatoms. The number of benzene rings is 3. The lowest BCUT2D eigenvalue weighted by Crippen LogP contribution is -1.92. The summed E-state index contributed by atoms with van der Waals surface area (Å²) in [6, 6.07) is 16.2. The van der Waals surface area contributed by atoms with Crippen LogP contribution in [0, 0.1) is 5.82 Å².